The number of nitrogens with two attached hydrogens (primary N) is 1. The summed E-state index contributed by atoms with van der Waals surface area (Å²) in [6.07, 6.45) is 1.67. The molecule has 1 atom stereocenters. The largest absolute Gasteiger partial charge is 0.271 e. The quantitative estimate of drug-likeness (QED) is 0.651. The molecule has 2 rings (SSSR count). The van der Waals surface area contributed by atoms with Gasteiger partial charge < -0.3 is 0 Å². The lowest BCUT2D eigenvalue weighted by molar-refractivity contribution is 0.541. The normalized spacial score (nSPS) is 12.4. The van der Waals surface area contributed by atoms with Crippen LogP contribution in [0.2, 0.25) is 0 Å². The molecule has 106 valence electrons. The number of hydrogen-bond acceptors (Lipinski definition) is 4. The van der Waals surface area contributed by atoms with Crippen LogP contribution in [0.15, 0.2) is 34.8 Å². The molecule has 0 bridgehead atoms. The first-order valence-electron chi connectivity index (χ1n) is 6.67. The van der Waals surface area contributed by atoms with Gasteiger partial charge in [-0.05, 0) is 49.1 Å². The van der Waals surface area contributed by atoms with Gasteiger partial charge in [-0.15, -0.1) is 0 Å². The standard InChI is InChI=1S/C15H19BrN4/c1-3-14-13(8-10(2)19-20-14)15(18-17)9-11-4-6-12(16)7-5-11/h4-8,15,18H,3,9,17H2,1-2H3. The van der Waals surface area contributed by atoms with Crippen LogP contribution in [0.5, 0.6) is 0 Å². The van der Waals surface area contributed by atoms with E-state index < -0.39 is 0 Å². The zero-order valence-corrected chi connectivity index (χ0v) is 13.3. The molecule has 0 spiro atoms. The van der Waals surface area contributed by atoms with Crippen LogP contribution in [0.1, 0.15) is 35.5 Å². The Balaban J connectivity index is 2.28. The molecule has 2 aromatic rings. The highest BCUT2D eigenvalue weighted by Gasteiger charge is 2.16. The summed E-state index contributed by atoms with van der Waals surface area (Å²) in [4.78, 5) is 0. The number of hydrazine groups is 1. The van der Waals surface area contributed by atoms with Crippen LogP contribution in [-0.2, 0) is 12.8 Å². The maximum atomic E-state index is 5.75. The Labute approximate surface area is 127 Å². The second-order valence-electron chi connectivity index (χ2n) is 4.79. The second-order valence-corrected chi connectivity index (χ2v) is 5.71. The number of benzene rings is 1. The van der Waals surface area contributed by atoms with Gasteiger partial charge >= 0.3 is 0 Å². The van der Waals surface area contributed by atoms with Crippen molar-refractivity contribution in [2.45, 2.75) is 32.7 Å². The van der Waals surface area contributed by atoms with Gasteiger partial charge in [0.2, 0.25) is 0 Å². The number of nitrogens with one attached hydrogen (secondary N) is 1. The van der Waals surface area contributed by atoms with Crippen molar-refractivity contribution in [3.8, 4) is 0 Å². The topological polar surface area (TPSA) is 63.8 Å². The third-order valence-electron chi connectivity index (χ3n) is 3.29. The highest BCUT2D eigenvalue weighted by Crippen LogP contribution is 2.22. The van der Waals surface area contributed by atoms with Gasteiger partial charge in [0.15, 0.2) is 0 Å². The zero-order valence-electron chi connectivity index (χ0n) is 11.7. The first kappa shape index (κ1) is 15.1. The lowest BCUT2D eigenvalue weighted by Crippen LogP contribution is -2.30. The molecule has 0 radical (unpaired) electrons. The Kier molecular flexibility index (Phi) is 5.23. The summed E-state index contributed by atoms with van der Waals surface area (Å²) in [5, 5.41) is 8.39. The van der Waals surface area contributed by atoms with Crippen molar-refractivity contribution in [3.05, 3.63) is 57.3 Å². The Morgan fingerprint density at radius 3 is 2.55 bits per heavy atom. The smallest absolute Gasteiger partial charge is 0.0676 e. The van der Waals surface area contributed by atoms with Gasteiger partial charge in [-0.1, -0.05) is 35.0 Å². The molecule has 3 N–H and O–H groups in total. The van der Waals surface area contributed by atoms with Gasteiger partial charge in [0.05, 0.1) is 17.4 Å². The van der Waals surface area contributed by atoms with E-state index in [9.17, 15) is 0 Å². The maximum Gasteiger partial charge on any atom is 0.0676 e. The molecule has 5 heteroatoms. The van der Waals surface area contributed by atoms with E-state index in [-0.39, 0.29) is 6.04 Å². The fourth-order valence-corrected chi connectivity index (χ4v) is 2.49. The first-order chi connectivity index (χ1) is 9.63. The van der Waals surface area contributed by atoms with Crippen molar-refractivity contribution in [2.24, 2.45) is 5.84 Å². The van der Waals surface area contributed by atoms with E-state index in [2.05, 4.69) is 56.7 Å². The molecule has 0 aliphatic rings. The minimum absolute atomic E-state index is 0.0420. The van der Waals surface area contributed by atoms with Crippen molar-refractivity contribution in [2.75, 3.05) is 0 Å². The molecule has 1 unspecified atom stereocenters. The number of halogens is 1. The number of aromatic nitrogens is 2. The molecule has 0 saturated carbocycles. The average Bonchev–Trinajstić information content (AvgIpc) is 2.46. The molecule has 0 aliphatic carbocycles. The van der Waals surface area contributed by atoms with E-state index >= 15 is 0 Å². The molecule has 20 heavy (non-hydrogen) atoms. The fraction of sp³-hybridized carbons (Fsp3) is 0.333. The van der Waals surface area contributed by atoms with E-state index in [1.807, 2.05) is 19.1 Å². The summed E-state index contributed by atoms with van der Waals surface area (Å²) in [6, 6.07) is 10.4. The highest BCUT2D eigenvalue weighted by atomic mass is 79.9. The van der Waals surface area contributed by atoms with Gasteiger partial charge in [0, 0.05) is 4.47 Å². The molecule has 0 aliphatic heterocycles. The highest BCUT2D eigenvalue weighted by molar-refractivity contribution is 9.10. The molecular weight excluding hydrogens is 316 g/mol. The molecule has 0 fully saturated rings. The van der Waals surface area contributed by atoms with E-state index in [1.54, 1.807) is 0 Å². The summed E-state index contributed by atoms with van der Waals surface area (Å²) in [5.74, 6) is 5.75. The zero-order chi connectivity index (χ0) is 14.5. The van der Waals surface area contributed by atoms with Crippen LogP contribution in [0.3, 0.4) is 0 Å². The van der Waals surface area contributed by atoms with Crippen LogP contribution in [0.25, 0.3) is 0 Å². The number of rotatable bonds is 5. The summed E-state index contributed by atoms with van der Waals surface area (Å²) >= 11 is 3.45. The molecular formula is C15H19BrN4. The van der Waals surface area contributed by atoms with Crippen LogP contribution in [-0.4, -0.2) is 10.2 Å². The third kappa shape index (κ3) is 3.62. The Morgan fingerprint density at radius 1 is 1.25 bits per heavy atom. The first-order valence-corrected chi connectivity index (χ1v) is 7.47. The molecule has 1 aromatic heterocycles. The second kappa shape index (κ2) is 6.92. The van der Waals surface area contributed by atoms with Crippen molar-refractivity contribution in [1.82, 2.24) is 15.6 Å². The molecule has 0 saturated heterocycles. The lowest BCUT2D eigenvalue weighted by Gasteiger charge is -2.19. The number of aryl methyl sites for hydroxylation is 2. The fourth-order valence-electron chi connectivity index (χ4n) is 2.23. The minimum Gasteiger partial charge on any atom is -0.271 e. The summed E-state index contributed by atoms with van der Waals surface area (Å²) in [5.41, 5.74) is 7.17. The third-order valence-corrected chi connectivity index (χ3v) is 3.82. The van der Waals surface area contributed by atoms with Crippen LogP contribution in [0.4, 0.5) is 0 Å². The molecule has 0 amide bonds. The predicted molar refractivity (Wildman–Crippen MR) is 84.1 cm³/mol. The van der Waals surface area contributed by atoms with Gasteiger partial charge in [-0.3, -0.25) is 11.3 Å². The van der Waals surface area contributed by atoms with E-state index in [4.69, 9.17) is 5.84 Å². The minimum atomic E-state index is 0.0420. The van der Waals surface area contributed by atoms with Crippen LogP contribution >= 0.6 is 15.9 Å². The van der Waals surface area contributed by atoms with E-state index in [1.165, 1.54) is 5.56 Å². The Hall–Kier alpha value is -1.30. The summed E-state index contributed by atoms with van der Waals surface area (Å²) < 4.78 is 1.08. The number of hydrogen-bond donors (Lipinski definition) is 2. The number of nitrogens with zero attached hydrogens (tertiary/aromatic N) is 2. The SMILES string of the molecule is CCc1nnc(C)cc1C(Cc1ccc(Br)cc1)NN. The monoisotopic (exact) mass is 334 g/mol. The van der Waals surface area contributed by atoms with Gasteiger partial charge in [0.25, 0.3) is 0 Å². The average molecular weight is 335 g/mol. The van der Waals surface area contributed by atoms with Gasteiger partial charge in [-0.2, -0.15) is 10.2 Å². The van der Waals surface area contributed by atoms with Crippen LogP contribution in [0, 0.1) is 6.92 Å². The Morgan fingerprint density at radius 2 is 1.95 bits per heavy atom. The summed E-state index contributed by atoms with van der Waals surface area (Å²) in [7, 11) is 0. The summed E-state index contributed by atoms with van der Waals surface area (Å²) in [6.45, 7) is 4.03. The van der Waals surface area contributed by atoms with Gasteiger partial charge in [0.1, 0.15) is 0 Å². The van der Waals surface area contributed by atoms with Crippen molar-refractivity contribution < 1.29 is 0 Å². The molecule has 4 nitrogen and oxygen atoms in total. The Bertz CT molecular complexity index is 569. The van der Waals surface area contributed by atoms with Crippen molar-refractivity contribution in [3.63, 3.8) is 0 Å². The molecule has 1 heterocycles. The maximum absolute atomic E-state index is 5.75. The van der Waals surface area contributed by atoms with E-state index in [0.717, 1.165) is 34.3 Å². The predicted octanol–water partition coefficient (Wildman–Crippen LogP) is 2.86. The van der Waals surface area contributed by atoms with Crippen LogP contribution < -0.4 is 11.3 Å². The van der Waals surface area contributed by atoms with E-state index in [0.29, 0.717) is 0 Å². The lowest BCUT2D eigenvalue weighted by atomic mass is 9.97. The van der Waals surface area contributed by atoms with Gasteiger partial charge in [-0.25, -0.2) is 0 Å². The van der Waals surface area contributed by atoms with Crippen molar-refractivity contribution >= 4 is 15.9 Å². The van der Waals surface area contributed by atoms with Crippen molar-refractivity contribution in [1.29, 1.82) is 0 Å². The molecule has 1 aromatic carbocycles.